The number of rotatable bonds is 3. The molecule has 1 N–H and O–H groups in total. The summed E-state index contributed by atoms with van der Waals surface area (Å²) in [6, 6.07) is 13.9. The molecule has 1 amide bonds. The summed E-state index contributed by atoms with van der Waals surface area (Å²) in [6.07, 6.45) is 1.74. The molecule has 120 valence electrons. The number of thiocarbonyl (C=S) groups is 1. The van der Waals surface area contributed by atoms with E-state index in [0.717, 1.165) is 10.0 Å². The number of carbonyl (C=O) groups is 2. The van der Waals surface area contributed by atoms with Gasteiger partial charge in [-0.15, -0.1) is 0 Å². The lowest BCUT2D eigenvalue weighted by molar-refractivity contribution is -0.115. The molecule has 0 atom stereocenters. The zero-order valence-electron chi connectivity index (χ0n) is 12.1. The predicted molar refractivity (Wildman–Crippen MR) is 102 cm³/mol. The van der Waals surface area contributed by atoms with E-state index >= 15 is 0 Å². The monoisotopic (exact) mass is 419 g/mol. The number of benzene rings is 2. The Kier molecular flexibility index (Phi) is 5.13. The van der Waals surface area contributed by atoms with Gasteiger partial charge in [0.05, 0.1) is 10.5 Å². The van der Waals surface area contributed by atoms with Gasteiger partial charge in [-0.25, -0.2) is 4.79 Å². The second kappa shape index (κ2) is 7.29. The van der Waals surface area contributed by atoms with Crippen molar-refractivity contribution in [3.8, 4) is 5.75 Å². The molecule has 0 saturated carbocycles. The fourth-order valence-electron chi connectivity index (χ4n) is 1.99. The number of amides is 1. The van der Waals surface area contributed by atoms with Crippen LogP contribution in [0.3, 0.4) is 0 Å². The predicted octanol–water partition coefficient (Wildman–Crippen LogP) is 4.16. The first-order valence-electron chi connectivity index (χ1n) is 6.84. The standard InChI is InChI=1S/C17H10BrNO3S2/c18-12-3-1-2-11(9-12)16(21)22-13-6-4-10(5-7-13)8-14-15(20)19-17(23)24-14/h1-9H,(H,19,20,23)/b14-8+. The van der Waals surface area contributed by atoms with Gasteiger partial charge >= 0.3 is 5.97 Å². The zero-order valence-corrected chi connectivity index (χ0v) is 15.3. The quantitative estimate of drug-likeness (QED) is 0.350. The van der Waals surface area contributed by atoms with Gasteiger partial charge in [-0.05, 0) is 42.0 Å². The Bertz CT molecular complexity index is 862. The van der Waals surface area contributed by atoms with E-state index in [4.69, 9.17) is 17.0 Å². The highest BCUT2D eigenvalue weighted by molar-refractivity contribution is 9.10. The third-order valence-corrected chi connectivity index (χ3v) is 4.75. The average molecular weight is 420 g/mol. The highest BCUT2D eigenvalue weighted by Crippen LogP contribution is 2.26. The lowest BCUT2D eigenvalue weighted by atomic mass is 10.2. The van der Waals surface area contributed by atoms with Gasteiger partial charge in [-0.2, -0.15) is 0 Å². The van der Waals surface area contributed by atoms with E-state index in [1.807, 2.05) is 6.07 Å². The van der Waals surface area contributed by atoms with Gasteiger partial charge in [0.1, 0.15) is 10.1 Å². The molecule has 1 fully saturated rings. The van der Waals surface area contributed by atoms with Gasteiger partial charge in [-0.3, -0.25) is 4.79 Å². The van der Waals surface area contributed by atoms with E-state index in [1.54, 1.807) is 48.5 Å². The summed E-state index contributed by atoms with van der Waals surface area (Å²) in [5.41, 5.74) is 1.28. The van der Waals surface area contributed by atoms with Crippen molar-refractivity contribution in [3.63, 3.8) is 0 Å². The molecule has 0 radical (unpaired) electrons. The third kappa shape index (κ3) is 4.11. The summed E-state index contributed by atoms with van der Waals surface area (Å²) in [5, 5.41) is 2.56. The van der Waals surface area contributed by atoms with Crippen molar-refractivity contribution in [2.75, 3.05) is 0 Å². The smallest absolute Gasteiger partial charge is 0.343 e. The SMILES string of the molecule is O=C1NC(=S)S/C1=C/c1ccc(OC(=O)c2cccc(Br)c2)cc1. The van der Waals surface area contributed by atoms with Crippen LogP contribution >= 0.6 is 39.9 Å². The minimum Gasteiger partial charge on any atom is -0.423 e. The summed E-state index contributed by atoms with van der Waals surface area (Å²) >= 11 is 9.48. The molecular formula is C17H10BrNO3S2. The van der Waals surface area contributed by atoms with Gasteiger partial charge in [-0.1, -0.05) is 58.1 Å². The van der Waals surface area contributed by atoms with Crippen molar-refractivity contribution in [1.29, 1.82) is 0 Å². The van der Waals surface area contributed by atoms with Crippen LogP contribution in [0.1, 0.15) is 15.9 Å². The van der Waals surface area contributed by atoms with Crippen LogP contribution < -0.4 is 10.1 Å². The van der Waals surface area contributed by atoms with Crippen molar-refractivity contribution in [2.45, 2.75) is 0 Å². The number of esters is 1. The van der Waals surface area contributed by atoms with Crippen LogP contribution in [0.4, 0.5) is 0 Å². The van der Waals surface area contributed by atoms with Crippen molar-refractivity contribution < 1.29 is 14.3 Å². The van der Waals surface area contributed by atoms with Crippen molar-refractivity contribution in [1.82, 2.24) is 5.32 Å². The van der Waals surface area contributed by atoms with Crippen LogP contribution in [0.5, 0.6) is 5.75 Å². The number of hydrogen-bond acceptors (Lipinski definition) is 5. The van der Waals surface area contributed by atoms with Gasteiger partial charge in [0.15, 0.2) is 0 Å². The molecule has 0 spiro atoms. The molecule has 0 bridgehead atoms. The third-order valence-electron chi connectivity index (χ3n) is 3.09. The second-order valence-corrected chi connectivity index (χ2v) is 7.46. The first-order valence-corrected chi connectivity index (χ1v) is 8.86. The lowest BCUT2D eigenvalue weighted by Gasteiger charge is -2.05. The fraction of sp³-hybridized carbons (Fsp3) is 0. The number of thioether (sulfide) groups is 1. The summed E-state index contributed by atoms with van der Waals surface area (Å²) in [7, 11) is 0. The van der Waals surface area contributed by atoms with Crippen LogP contribution in [-0.4, -0.2) is 16.2 Å². The molecule has 7 heteroatoms. The van der Waals surface area contributed by atoms with E-state index in [0.29, 0.717) is 20.5 Å². The highest BCUT2D eigenvalue weighted by Gasteiger charge is 2.21. The average Bonchev–Trinajstić information content (AvgIpc) is 2.87. The van der Waals surface area contributed by atoms with Crippen LogP contribution in [0, 0.1) is 0 Å². The Hall–Kier alpha value is -1.96. The van der Waals surface area contributed by atoms with E-state index in [9.17, 15) is 9.59 Å². The molecule has 0 unspecified atom stereocenters. The maximum absolute atomic E-state index is 12.1. The van der Waals surface area contributed by atoms with Crippen LogP contribution in [-0.2, 0) is 4.79 Å². The Morgan fingerprint density at radius 2 is 1.96 bits per heavy atom. The largest absolute Gasteiger partial charge is 0.423 e. The van der Waals surface area contributed by atoms with Crippen LogP contribution in [0.2, 0.25) is 0 Å². The topological polar surface area (TPSA) is 55.4 Å². The maximum atomic E-state index is 12.1. The highest BCUT2D eigenvalue weighted by atomic mass is 79.9. The number of carbonyl (C=O) groups excluding carboxylic acids is 2. The molecule has 0 aliphatic carbocycles. The summed E-state index contributed by atoms with van der Waals surface area (Å²) in [6.45, 7) is 0. The zero-order chi connectivity index (χ0) is 17.1. The number of ether oxygens (including phenoxy) is 1. The second-order valence-electron chi connectivity index (χ2n) is 4.82. The van der Waals surface area contributed by atoms with Crippen molar-refractivity contribution >= 4 is 62.2 Å². The van der Waals surface area contributed by atoms with Gasteiger partial charge < -0.3 is 10.1 Å². The molecular weight excluding hydrogens is 410 g/mol. The number of nitrogens with one attached hydrogen (secondary N) is 1. The number of halogens is 1. The molecule has 2 aromatic rings. The Labute approximate surface area is 156 Å². The van der Waals surface area contributed by atoms with Crippen molar-refractivity contribution in [3.05, 3.63) is 69.0 Å². The molecule has 1 heterocycles. The number of hydrogen-bond donors (Lipinski definition) is 1. The Morgan fingerprint density at radius 1 is 1.21 bits per heavy atom. The molecule has 0 aromatic heterocycles. The molecule has 1 aliphatic rings. The van der Waals surface area contributed by atoms with Crippen LogP contribution in [0.25, 0.3) is 6.08 Å². The lowest BCUT2D eigenvalue weighted by Crippen LogP contribution is -2.17. The van der Waals surface area contributed by atoms with E-state index in [2.05, 4.69) is 21.2 Å². The molecule has 3 rings (SSSR count). The Balaban J connectivity index is 1.71. The first kappa shape index (κ1) is 16.9. The maximum Gasteiger partial charge on any atom is 0.343 e. The first-order chi connectivity index (χ1) is 11.5. The molecule has 24 heavy (non-hydrogen) atoms. The molecule has 2 aromatic carbocycles. The van der Waals surface area contributed by atoms with Gasteiger partial charge in [0, 0.05) is 4.47 Å². The molecule has 4 nitrogen and oxygen atoms in total. The van der Waals surface area contributed by atoms with E-state index in [-0.39, 0.29) is 5.91 Å². The normalized spacial score (nSPS) is 15.5. The minimum atomic E-state index is -0.432. The van der Waals surface area contributed by atoms with Gasteiger partial charge in [0.25, 0.3) is 5.91 Å². The van der Waals surface area contributed by atoms with E-state index < -0.39 is 5.97 Å². The fourth-order valence-corrected chi connectivity index (χ4v) is 3.43. The molecule has 1 aliphatic heterocycles. The summed E-state index contributed by atoms with van der Waals surface area (Å²) in [5.74, 6) is -0.199. The minimum absolute atomic E-state index is 0.199. The summed E-state index contributed by atoms with van der Waals surface area (Å²) in [4.78, 5) is 24.2. The van der Waals surface area contributed by atoms with E-state index in [1.165, 1.54) is 11.8 Å². The van der Waals surface area contributed by atoms with Gasteiger partial charge in [0.2, 0.25) is 0 Å². The van der Waals surface area contributed by atoms with Crippen LogP contribution in [0.15, 0.2) is 57.9 Å². The van der Waals surface area contributed by atoms with Crippen molar-refractivity contribution in [2.24, 2.45) is 0 Å². The Morgan fingerprint density at radius 3 is 2.58 bits per heavy atom. The molecule has 1 saturated heterocycles. The summed E-state index contributed by atoms with van der Waals surface area (Å²) < 4.78 is 6.59.